The van der Waals surface area contributed by atoms with Crippen LogP contribution in [-0.4, -0.2) is 0 Å². The molecule has 3 aromatic carbocycles. The van der Waals surface area contributed by atoms with Crippen molar-refractivity contribution >= 4 is 38.8 Å². The van der Waals surface area contributed by atoms with Crippen LogP contribution in [0.4, 0.5) is 0 Å². The van der Waals surface area contributed by atoms with Crippen LogP contribution in [0.3, 0.4) is 0 Å². The van der Waals surface area contributed by atoms with Gasteiger partial charge in [0.25, 0.3) is 0 Å². The van der Waals surface area contributed by atoms with Gasteiger partial charge in [-0.15, -0.1) is 0 Å². The van der Waals surface area contributed by atoms with Crippen LogP contribution in [0, 0.1) is 21.7 Å². The Morgan fingerprint density at radius 1 is 0.750 bits per heavy atom. The molecule has 0 radical (unpaired) electrons. The highest BCUT2D eigenvalue weighted by molar-refractivity contribution is 6.08. The Bertz CT molecular complexity index is 1720. The summed E-state index contributed by atoms with van der Waals surface area (Å²) in [6.07, 6.45) is 8.34. The van der Waals surface area contributed by atoms with Crippen LogP contribution < -0.4 is 5.36 Å². The topological polar surface area (TPSA) is 37.0 Å². The van der Waals surface area contributed by atoms with Crippen molar-refractivity contribution in [2.24, 2.45) is 16.2 Å². The molecular formula is C38H49NO. The summed E-state index contributed by atoms with van der Waals surface area (Å²) >= 11 is 0. The molecule has 40 heavy (non-hydrogen) atoms. The Labute approximate surface area is 241 Å². The Morgan fingerprint density at radius 2 is 1.38 bits per heavy atom. The zero-order chi connectivity index (χ0) is 29.4. The summed E-state index contributed by atoms with van der Waals surface area (Å²) in [7, 11) is 0. The fourth-order valence-electron chi connectivity index (χ4n) is 6.77. The van der Waals surface area contributed by atoms with Gasteiger partial charge in [0.05, 0.1) is 10.7 Å². The molecule has 0 saturated carbocycles. The summed E-state index contributed by atoms with van der Waals surface area (Å²) in [5.74, 6) is 0. The first kappa shape index (κ1) is 28.7. The Kier molecular flexibility index (Phi) is 6.68. The van der Waals surface area contributed by atoms with E-state index in [-0.39, 0.29) is 21.7 Å². The lowest BCUT2D eigenvalue weighted by Gasteiger charge is -2.30. The van der Waals surface area contributed by atoms with Crippen molar-refractivity contribution in [1.82, 2.24) is 0 Å². The summed E-state index contributed by atoms with van der Waals surface area (Å²) in [5, 5.41) is 14.9. The number of hydrogen-bond donors (Lipinski definition) is 1. The molecule has 1 aliphatic rings. The van der Waals surface area contributed by atoms with E-state index in [1.807, 2.05) is 0 Å². The monoisotopic (exact) mass is 535 g/mol. The van der Waals surface area contributed by atoms with Gasteiger partial charge in [-0.3, -0.25) is 5.41 Å². The van der Waals surface area contributed by atoms with Crippen LogP contribution in [0.1, 0.15) is 110 Å². The highest BCUT2D eigenvalue weighted by Gasteiger charge is 2.31. The first-order chi connectivity index (χ1) is 18.3. The zero-order valence-corrected chi connectivity index (χ0v) is 26.8. The van der Waals surface area contributed by atoms with E-state index in [0.29, 0.717) is 5.36 Å². The minimum atomic E-state index is -0.164. The molecule has 1 aromatic heterocycles. The fourth-order valence-corrected chi connectivity index (χ4v) is 6.77. The zero-order valence-electron chi connectivity index (χ0n) is 26.8. The third kappa shape index (κ3) is 5.52. The van der Waals surface area contributed by atoms with Gasteiger partial charge in [-0.1, -0.05) is 113 Å². The van der Waals surface area contributed by atoms with E-state index in [1.165, 1.54) is 33.0 Å². The summed E-state index contributed by atoms with van der Waals surface area (Å²) < 4.78 is 7.03. The minimum Gasteiger partial charge on any atom is -0.456 e. The SMILES string of the molecule is CC(C)(C)Cc1cc2c3c(=N)c4c(c5cc(CC(C)(C)C)ccc5c(CC(C)(C)C)c4oc3c1)C(C)(C)CC=C2. The van der Waals surface area contributed by atoms with Crippen LogP contribution >= 0.6 is 0 Å². The van der Waals surface area contributed by atoms with Crippen LogP contribution in [-0.2, 0) is 24.7 Å². The Morgan fingerprint density at radius 3 is 2.00 bits per heavy atom. The van der Waals surface area contributed by atoms with Gasteiger partial charge < -0.3 is 4.42 Å². The van der Waals surface area contributed by atoms with E-state index in [1.54, 1.807) is 0 Å². The molecule has 0 saturated heterocycles. The highest BCUT2D eigenvalue weighted by Crippen LogP contribution is 2.44. The van der Waals surface area contributed by atoms with E-state index in [4.69, 9.17) is 4.42 Å². The summed E-state index contributed by atoms with van der Waals surface area (Å²) in [4.78, 5) is 0. The first-order valence-corrected chi connectivity index (χ1v) is 15.1. The van der Waals surface area contributed by atoms with Crippen LogP contribution in [0.25, 0.3) is 38.8 Å². The van der Waals surface area contributed by atoms with Crippen molar-refractivity contribution in [2.45, 2.75) is 107 Å². The molecule has 0 spiro atoms. The van der Waals surface area contributed by atoms with Gasteiger partial charge in [0.2, 0.25) is 0 Å². The van der Waals surface area contributed by atoms with Gasteiger partial charge in [-0.05, 0) is 86.4 Å². The van der Waals surface area contributed by atoms with E-state index in [2.05, 4.69) is 119 Å². The normalized spacial score (nSPS) is 15.8. The smallest absolute Gasteiger partial charge is 0.141 e. The fraction of sp³-hybridized carbons (Fsp3) is 0.500. The third-order valence-electron chi connectivity index (χ3n) is 8.11. The van der Waals surface area contributed by atoms with E-state index < -0.39 is 0 Å². The molecule has 2 bridgehead atoms. The number of benzene rings is 3. The molecule has 0 amide bonds. The summed E-state index contributed by atoms with van der Waals surface area (Å²) in [5.41, 5.74) is 8.26. The van der Waals surface area contributed by atoms with Crippen LogP contribution in [0.15, 0.2) is 40.8 Å². The second-order valence-electron chi connectivity index (χ2n) is 16.7. The van der Waals surface area contributed by atoms with Gasteiger partial charge in [0.1, 0.15) is 11.2 Å². The molecule has 0 unspecified atom stereocenters. The first-order valence-electron chi connectivity index (χ1n) is 15.1. The molecular weight excluding hydrogens is 486 g/mol. The van der Waals surface area contributed by atoms with Crippen molar-refractivity contribution < 1.29 is 4.42 Å². The lowest BCUT2D eigenvalue weighted by Crippen LogP contribution is -2.22. The van der Waals surface area contributed by atoms with Gasteiger partial charge in [-0.2, -0.15) is 0 Å². The number of allylic oxidation sites excluding steroid dienone is 1. The van der Waals surface area contributed by atoms with Crippen LogP contribution in [0.5, 0.6) is 0 Å². The molecule has 0 fully saturated rings. The average Bonchev–Trinajstić information content (AvgIpc) is 2.78. The molecule has 1 aliphatic carbocycles. The molecule has 5 rings (SSSR count). The van der Waals surface area contributed by atoms with Gasteiger partial charge in [-0.25, -0.2) is 0 Å². The standard InChI is InChI=1S/C38H49NO/c1-35(2,3)20-23-14-15-26-27(18-23)32-31-33(39)30-25(13-12-16-38(32,10)11)17-24(21-36(4,5)6)19-29(30)40-34(31)28(26)22-37(7,8)9/h12-15,17-19,39H,16,20-22H2,1-11H3. The van der Waals surface area contributed by atoms with Crippen molar-refractivity contribution in [1.29, 1.82) is 5.41 Å². The molecule has 2 nitrogen and oxygen atoms in total. The quantitative estimate of drug-likeness (QED) is 0.260. The van der Waals surface area contributed by atoms with Gasteiger partial charge in [0.15, 0.2) is 0 Å². The van der Waals surface area contributed by atoms with E-state index in [0.717, 1.165) is 53.2 Å². The predicted molar refractivity (Wildman–Crippen MR) is 173 cm³/mol. The van der Waals surface area contributed by atoms with Gasteiger partial charge in [0, 0.05) is 10.9 Å². The number of rotatable bonds is 3. The maximum absolute atomic E-state index is 9.78. The average molecular weight is 536 g/mol. The van der Waals surface area contributed by atoms with E-state index >= 15 is 0 Å². The number of nitrogens with one attached hydrogen (secondary N) is 1. The molecule has 2 heteroatoms. The Hall–Kier alpha value is -2.87. The summed E-state index contributed by atoms with van der Waals surface area (Å²) in [6.45, 7) is 25.4. The van der Waals surface area contributed by atoms with Gasteiger partial charge >= 0.3 is 0 Å². The second kappa shape index (κ2) is 9.33. The Balaban J connectivity index is 2.01. The maximum Gasteiger partial charge on any atom is 0.141 e. The molecule has 212 valence electrons. The predicted octanol–water partition coefficient (Wildman–Crippen LogP) is 10.7. The molecule has 4 aromatic rings. The largest absolute Gasteiger partial charge is 0.456 e. The number of fused-ring (bicyclic) bond motifs is 2. The minimum absolute atomic E-state index is 0.0718. The van der Waals surface area contributed by atoms with Crippen molar-refractivity contribution in [3.63, 3.8) is 0 Å². The highest BCUT2D eigenvalue weighted by atomic mass is 16.3. The summed E-state index contributed by atoms with van der Waals surface area (Å²) in [6, 6.07) is 11.6. The molecule has 0 atom stereocenters. The molecule has 1 N–H and O–H groups in total. The lowest BCUT2D eigenvalue weighted by atomic mass is 9.74. The van der Waals surface area contributed by atoms with Crippen molar-refractivity contribution in [3.05, 3.63) is 69.6 Å². The van der Waals surface area contributed by atoms with Crippen molar-refractivity contribution in [3.8, 4) is 0 Å². The van der Waals surface area contributed by atoms with Crippen molar-refractivity contribution in [2.75, 3.05) is 0 Å². The third-order valence-corrected chi connectivity index (χ3v) is 8.11. The number of hydrogen-bond acceptors (Lipinski definition) is 2. The van der Waals surface area contributed by atoms with E-state index in [9.17, 15) is 5.41 Å². The maximum atomic E-state index is 9.78. The lowest BCUT2D eigenvalue weighted by molar-refractivity contribution is 0.410. The molecule has 0 aliphatic heterocycles. The molecule has 1 heterocycles. The second-order valence-corrected chi connectivity index (χ2v) is 16.7. The van der Waals surface area contributed by atoms with Crippen LogP contribution in [0.2, 0.25) is 0 Å².